The number of halogens is 2. The fraction of sp³-hybridized carbons (Fsp3) is 0.538. The Hall–Kier alpha value is -0.800. The number of hydrogen-bond acceptors (Lipinski definition) is 2. The second-order valence-electron chi connectivity index (χ2n) is 5.65. The largest absolute Gasteiger partial charge is 0.325 e. The summed E-state index contributed by atoms with van der Waals surface area (Å²) in [4.78, 5) is 8.58. The standard InChI is InChI=1S/C13H15Cl2N3/c1-13(2)3-8(13)7-18-11(4-14)17-10-6-16-5-9(15)12(10)18/h5-6,8H,3-4,7H2,1-2H3. The molecule has 1 aliphatic carbocycles. The lowest BCUT2D eigenvalue weighted by Gasteiger charge is -2.09. The molecule has 0 saturated heterocycles. The lowest BCUT2D eigenvalue weighted by Crippen LogP contribution is -2.07. The third-order valence-electron chi connectivity index (χ3n) is 3.92. The van der Waals surface area contributed by atoms with E-state index in [-0.39, 0.29) is 0 Å². The highest BCUT2D eigenvalue weighted by atomic mass is 35.5. The molecule has 2 aromatic rings. The fourth-order valence-electron chi connectivity index (χ4n) is 2.50. The minimum absolute atomic E-state index is 0.401. The average molecular weight is 284 g/mol. The molecule has 0 amide bonds. The van der Waals surface area contributed by atoms with Gasteiger partial charge in [-0.25, -0.2) is 4.98 Å². The van der Waals surface area contributed by atoms with E-state index in [1.807, 2.05) is 0 Å². The molecule has 18 heavy (non-hydrogen) atoms. The van der Waals surface area contributed by atoms with Gasteiger partial charge in [-0.15, -0.1) is 11.6 Å². The van der Waals surface area contributed by atoms with E-state index in [4.69, 9.17) is 23.2 Å². The van der Waals surface area contributed by atoms with Gasteiger partial charge in [-0.3, -0.25) is 4.98 Å². The van der Waals surface area contributed by atoms with Crippen molar-refractivity contribution in [3.8, 4) is 0 Å². The monoisotopic (exact) mass is 283 g/mol. The molecule has 2 heterocycles. The van der Waals surface area contributed by atoms with Gasteiger partial charge in [0.15, 0.2) is 0 Å². The minimum Gasteiger partial charge on any atom is -0.325 e. The van der Waals surface area contributed by atoms with Crippen molar-refractivity contribution < 1.29 is 0 Å². The van der Waals surface area contributed by atoms with Gasteiger partial charge < -0.3 is 4.57 Å². The molecular weight excluding hydrogens is 269 g/mol. The molecule has 5 heteroatoms. The Morgan fingerprint density at radius 2 is 2.17 bits per heavy atom. The van der Waals surface area contributed by atoms with Crippen molar-refractivity contribution in [2.75, 3.05) is 0 Å². The molecule has 0 spiro atoms. The van der Waals surface area contributed by atoms with Gasteiger partial charge >= 0.3 is 0 Å². The predicted molar refractivity (Wildman–Crippen MR) is 74.0 cm³/mol. The number of rotatable bonds is 3. The van der Waals surface area contributed by atoms with Gasteiger partial charge in [0.2, 0.25) is 0 Å². The Bertz CT molecular complexity index is 604. The zero-order valence-corrected chi connectivity index (χ0v) is 12.0. The summed E-state index contributed by atoms with van der Waals surface area (Å²) in [6, 6.07) is 0. The Morgan fingerprint density at radius 3 is 2.78 bits per heavy atom. The maximum Gasteiger partial charge on any atom is 0.124 e. The molecule has 96 valence electrons. The SMILES string of the molecule is CC1(C)CC1Cn1c(CCl)nc2cncc(Cl)c21. The Kier molecular flexibility index (Phi) is 2.79. The van der Waals surface area contributed by atoms with E-state index in [0.717, 1.165) is 23.4 Å². The summed E-state index contributed by atoms with van der Waals surface area (Å²) in [6.45, 7) is 5.52. The van der Waals surface area contributed by atoms with Crippen LogP contribution in [0.2, 0.25) is 5.02 Å². The normalized spacial score (nSPS) is 21.4. The van der Waals surface area contributed by atoms with Gasteiger partial charge in [-0.05, 0) is 17.8 Å². The van der Waals surface area contributed by atoms with Gasteiger partial charge in [0.1, 0.15) is 11.3 Å². The summed E-state index contributed by atoms with van der Waals surface area (Å²) >= 11 is 12.2. The molecule has 1 aliphatic rings. The second-order valence-corrected chi connectivity index (χ2v) is 6.33. The third kappa shape index (κ3) is 1.90. The van der Waals surface area contributed by atoms with Crippen molar-refractivity contribution in [2.24, 2.45) is 11.3 Å². The predicted octanol–water partition coefficient (Wildman–Crippen LogP) is 3.87. The van der Waals surface area contributed by atoms with Crippen molar-refractivity contribution >= 4 is 34.2 Å². The first-order valence-corrected chi connectivity index (χ1v) is 6.99. The summed E-state index contributed by atoms with van der Waals surface area (Å²) in [6.07, 6.45) is 4.65. The first kappa shape index (κ1) is 12.2. The van der Waals surface area contributed by atoms with E-state index in [1.54, 1.807) is 12.4 Å². The van der Waals surface area contributed by atoms with E-state index in [9.17, 15) is 0 Å². The van der Waals surface area contributed by atoms with Crippen LogP contribution in [0.1, 0.15) is 26.1 Å². The third-order valence-corrected chi connectivity index (χ3v) is 4.44. The van der Waals surface area contributed by atoms with Gasteiger partial charge in [0.05, 0.1) is 22.6 Å². The molecule has 2 aromatic heterocycles. The Morgan fingerprint density at radius 1 is 1.44 bits per heavy atom. The van der Waals surface area contributed by atoms with Crippen molar-refractivity contribution in [2.45, 2.75) is 32.7 Å². The molecule has 0 N–H and O–H groups in total. The van der Waals surface area contributed by atoms with Crippen molar-refractivity contribution in [3.63, 3.8) is 0 Å². The Balaban J connectivity index is 2.08. The van der Waals surface area contributed by atoms with Gasteiger partial charge in [-0.2, -0.15) is 0 Å². The maximum atomic E-state index is 6.24. The minimum atomic E-state index is 0.401. The highest BCUT2D eigenvalue weighted by molar-refractivity contribution is 6.34. The van der Waals surface area contributed by atoms with Crippen LogP contribution in [-0.4, -0.2) is 14.5 Å². The fourth-order valence-corrected chi connectivity index (χ4v) is 2.96. The number of aromatic nitrogens is 3. The van der Waals surface area contributed by atoms with E-state index < -0.39 is 0 Å². The molecule has 1 saturated carbocycles. The first-order valence-electron chi connectivity index (χ1n) is 6.07. The van der Waals surface area contributed by atoms with Crippen LogP contribution in [0.5, 0.6) is 0 Å². The molecule has 1 atom stereocenters. The van der Waals surface area contributed by atoms with E-state index >= 15 is 0 Å². The van der Waals surface area contributed by atoms with Crippen LogP contribution in [0, 0.1) is 11.3 Å². The van der Waals surface area contributed by atoms with Gasteiger partial charge in [-0.1, -0.05) is 25.4 Å². The first-order chi connectivity index (χ1) is 8.53. The highest BCUT2D eigenvalue weighted by Gasteiger charge is 2.45. The molecule has 0 aromatic carbocycles. The summed E-state index contributed by atoms with van der Waals surface area (Å²) < 4.78 is 2.16. The molecule has 1 fully saturated rings. The lowest BCUT2D eigenvalue weighted by molar-refractivity contribution is 0.498. The van der Waals surface area contributed by atoms with Gasteiger partial charge in [0, 0.05) is 12.7 Å². The smallest absolute Gasteiger partial charge is 0.124 e. The summed E-state index contributed by atoms with van der Waals surface area (Å²) in [5.74, 6) is 1.96. The number of fused-ring (bicyclic) bond motifs is 1. The van der Waals surface area contributed by atoms with Crippen LogP contribution in [0.3, 0.4) is 0 Å². The number of nitrogens with zero attached hydrogens (tertiary/aromatic N) is 3. The number of alkyl halides is 1. The van der Waals surface area contributed by atoms with E-state index in [1.165, 1.54) is 6.42 Å². The highest BCUT2D eigenvalue weighted by Crippen LogP contribution is 2.52. The van der Waals surface area contributed by atoms with Crippen LogP contribution in [-0.2, 0) is 12.4 Å². The number of imidazole rings is 1. The summed E-state index contributed by atoms with van der Waals surface area (Å²) in [5, 5.41) is 0.648. The van der Waals surface area contributed by atoms with E-state index in [0.29, 0.717) is 22.2 Å². The molecule has 0 bridgehead atoms. The van der Waals surface area contributed by atoms with E-state index in [2.05, 4.69) is 28.4 Å². The number of hydrogen-bond donors (Lipinski definition) is 0. The molecule has 1 unspecified atom stereocenters. The Labute approximate surface area is 116 Å². The summed E-state index contributed by atoms with van der Waals surface area (Å²) in [5.41, 5.74) is 2.22. The molecular formula is C13H15Cl2N3. The van der Waals surface area contributed by atoms with Crippen molar-refractivity contribution in [1.82, 2.24) is 14.5 Å². The maximum absolute atomic E-state index is 6.24. The van der Waals surface area contributed by atoms with Crippen LogP contribution in [0.4, 0.5) is 0 Å². The quantitative estimate of drug-likeness (QED) is 0.801. The molecule has 3 rings (SSSR count). The molecule has 0 radical (unpaired) electrons. The van der Waals surface area contributed by atoms with Crippen molar-refractivity contribution in [1.29, 1.82) is 0 Å². The lowest BCUT2D eigenvalue weighted by atomic mass is 10.1. The topological polar surface area (TPSA) is 30.7 Å². The van der Waals surface area contributed by atoms with Crippen LogP contribution in [0.15, 0.2) is 12.4 Å². The van der Waals surface area contributed by atoms with Crippen LogP contribution >= 0.6 is 23.2 Å². The number of pyridine rings is 1. The van der Waals surface area contributed by atoms with Crippen molar-refractivity contribution in [3.05, 3.63) is 23.2 Å². The molecule has 0 aliphatic heterocycles. The van der Waals surface area contributed by atoms with Gasteiger partial charge in [0.25, 0.3) is 0 Å². The zero-order chi connectivity index (χ0) is 12.9. The summed E-state index contributed by atoms with van der Waals surface area (Å²) in [7, 11) is 0. The van der Waals surface area contributed by atoms with Crippen LogP contribution < -0.4 is 0 Å². The van der Waals surface area contributed by atoms with Crippen LogP contribution in [0.25, 0.3) is 11.0 Å². The second kappa shape index (κ2) is 4.10. The molecule has 3 nitrogen and oxygen atoms in total. The zero-order valence-electron chi connectivity index (χ0n) is 10.5. The average Bonchev–Trinajstić information content (AvgIpc) is 2.77.